The molecule has 0 saturated carbocycles. The van der Waals surface area contributed by atoms with Crippen molar-refractivity contribution in [3.8, 4) is 12.3 Å². The lowest BCUT2D eigenvalue weighted by atomic mass is 10.1. The topological polar surface area (TPSA) is 24.9 Å². The van der Waals surface area contributed by atoms with E-state index >= 15 is 0 Å². The Morgan fingerprint density at radius 2 is 2.15 bits per heavy atom. The molecule has 2 nitrogen and oxygen atoms in total. The fraction of sp³-hybridized carbons (Fsp3) is 0.364. The number of terminal acetylenes is 1. The van der Waals surface area contributed by atoms with Crippen LogP contribution in [0.15, 0.2) is 12.1 Å². The van der Waals surface area contributed by atoms with Crippen molar-refractivity contribution in [1.29, 1.82) is 0 Å². The van der Waals surface area contributed by atoms with Crippen LogP contribution < -0.4 is 5.32 Å². The monoisotopic (exact) mass is 174 g/mol. The Kier molecular flexibility index (Phi) is 3.05. The summed E-state index contributed by atoms with van der Waals surface area (Å²) in [6, 6.07) is 3.97. The van der Waals surface area contributed by atoms with Crippen molar-refractivity contribution < 1.29 is 0 Å². The molecule has 1 atom stereocenters. The van der Waals surface area contributed by atoms with E-state index in [0.29, 0.717) is 0 Å². The average Bonchev–Trinajstić information content (AvgIpc) is 2.10. The highest BCUT2D eigenvalue weighted by molar-refractivity contribution is 5.30. The fourth-order valence-corrected chi connectivity index (χ4v) is 1.33. The first kappa shape index (κ1) is 9.76. The summed E-state index contributed by atoms with van der Waals surface area (Å²) in [6.45, 7) is 3.95. The Balaban J connectivity index is 3.09. The zero-order valence-electron chi connectivity index (χ0n) is 8.26. The van der Waals surface area contributed by atoms with Crippen molar-refractivity contribution in [2.75, 3.05) is 7.05 Å². The van der Waals surface area contributed by atoms with E-state index in [0.717, 1.165) is 17.0 Å². The van der Waals surface area contributed by atoms with Crippen molar-refractivity contribution in [3.05, 3.63) is 29.1 Å². The van der Waals surface area contributed by atoms with Crippen LogP contribution in [-0.2, 0) is 0 Å². The highest BCUT2D eigenvalue weighted by Crippen LogP contribution is 2.14. The smallest absolute Gasteiger partial charge is 0.0958 e. The molecule has 1 unspecified atom stereocenters. The summed E-state index contributed by atoms with van der Waals surface area (Å²) in [5.74, 6) is 2.68. The van der Waals surface area contributed by atoms with Gasteiger partial charge >= 0.3 is 0 Å². The van der Waals surface area contributed by atoms with Crippen molar-refractivity contribution in [3.63, 3.8) is 0 Å². The molecule has 0 amide bonds. The van der Waals surface area contributed by atoms with Crippen LogP contribution in [0.5, 0.6) is 0 Å². The molecule has 68 valence electrons. The van der Waals surface area contributed by atoms with Gasteiger partial charge in [-0.25, -0.2) is 0 Å². The Morgan fingerprint density at radius 3 is 2.62 bits per heavy atom. The molecule has 0 bridgehead atoms. The molecule has 1 heterocycles. The zero-order chi connectivity index (χ0) is 9.84. The predicted octanol–water partition coefficient (Wildman–Crippen LogP) is 1.59. The molecular formula is C11H14N2. The first-order valence-electron chi connectivity index (χ1n) is 4.26. The van der Waals surface area contributed by atoms with E-state index in [1.54, 1.807) is 0 Å². The number of rotatable bonds is 2. The largest absolute Gasteiger partial charge is 0.303 e. The van der Waals surface area contributed by atoms with Gasteiger partial charge < -0.3 is 5.32 Å². The van der Waals surface area contributed by atoms with Gasteiger partial charge in [0.25, 0.3) is 0 Å². The van der Waals surface area contributed by atoms with Crippen LogP contribution in [0.2, 0.25) is 0 Å². The van der Waals surface area contributed by atoms with Gasteiger partial charge in [0.2, 0.25) is 0 Å². The van der Waals surface area contributed by atoms with Gasteiger partial charge in [0.1, 0.15) is 0 Å². The average molecular weight is 174 g/mol. The van der Waals surface area contributed by atoms with Gasteiger partial charge in [0.05, 0.1) is 6.04 Å². The normalized spacial score (nSPS) is 12.2. The molecule has 0 spiro atoms. The Bertz CT molecular complexity index is 336. The molecule has 2 heteroatoms. The molecule has 1 rings (SSSR count). The lowest BCUT2D eigenvalue weighted by Gasteiger charge is -2.12. The maximum Gasteiger partial charge on any atom is 0.0958 e. The number of hydrogen-bond acceptors (Lipinski definition) is 2. The number of aromatic nitrogens is 1. The highest BCUT2D eigenvalue weighted by Gasteiger charge is 2.08. The Labute approximate surface area is 79.4 Å². The molecule has 0 aliphatic carbocycles. The standard InChI is InChI=1S/C11H14N2/c1-5-11(12-4)10-7-6-8(2)13-9(10)3/h1,6-7,11-12H,2-4H3. The van der Waals surface area contributed by atoms with E-state index in [1.807, 2.05) is 33.0 Å². The summed E-state index contributed by atoms with van der Waals surface area (Å²) in [5.41, 5.74) is 3.10. The van der Waals surface area contributed by atoms with Crippen LogP contribution in [0.1, 0.15) is 23.0 Å². The predicted molar refractivity (Wildman–Crippen MR) is 54.3 cm³/mol. The summed E-state index contributed by atoms with van der Waals surface area (Å²) in [4.78, 5) is 4.35. The number of nitrogens with zero attached hydrogens (tertiary/aromatic N) is 1. The van der Waals surface area contributed by atoms with Crippen molar-refractivity contribution in [1.82, 2.24) is 10.3 Å². The Morgan fingerprint density at radius 1 is 1.46 bits per heavy atom. The molecule has 0 fully saturated rings. The molecule has 1 aromatic heterocycles. The van der Waals surface area contributed by atoms with Crippen LogP contribution in [0.4, 0.5) is 0 Å². The second kappa shape index (κ2) is 4.06. The van der Waals surface area contributed by atoms with E-state index in [2.05, 4.69) is 16.2 Å². The van der Waals surface area contributed by atoms with Gasteiger partial charge in [0.15, 0.2) is 0 Å². The van der Waals surface area contributed by atoms with Gasteiger partial charge in [-0.2, -0.15) is 0 Å². The third-order valence-electron chi connectivity index (χ3n) is 2.03. The van der Waals surface area contributed by atoms with Crippen LogP contribution >= 0.6 is 0 Å². The molecule has 0 aliphatic heterocycles. The molecular weight excluding hydrogens is 160 g/mol. The third kappa shape index (κ3) is 2.07. The summed E-state index contributed by atoms with van der Waals surface area (Å²) in [6.07, 6.45) is 5.38. The van der Waals surface area contributed by atoms with Crippen molar-refractivity contribution in [2.45, 2.75) is 19.9 Å². The summed E-state index contributed by atoms with van der Waals surface area (Å²) in [5, 5.41) is 3.05. The summed E-state index contributed by atoms with van der Waals surface area (Å²) >= 11 is 0. The molecule has 0 aliphatic rings. The number of nitrogens with one attached hydrogen (secondary N) is 1. The van der Waals surface area contributed by atoms with E-state index in [-0.39, 0.29) is 6.04 Å². The van der Waals surface area contributed by atoms with Gasteiger partial charge in [-0.05, 0) is 27.0 Å². The van der Waals surface area contributed by atoms with Crippen LogP contribution in [0, 0.1) is 26.2 Å². The van der Waals surface area contributed by atoms with Crippen LogP contribution in [-0.4, -0.2) is 12.0 Å². The minimum absolute atomic E-state index is 0.0342. The van der Waals surface area contributed by atoms with Crippen LogP contribution in [0.3, 0.4) is 0 Å². The molecule has 0 saturated heterocycles. The fourth-order valence-electron chi connectivity index (χ4n) is 1.33. The summed E-state index contributed by atoms with van der Waals surface area (Å²) in [7, 11) is 1.85. The van der Waals surface area contributed by atoms with Crippen LogP contribution in [0.25, 0.3) is 0 Å². The lowest BCUT2D eigenvalue weighted by molar-refractivity contribution is 0.725. The first-order chi connectivity index (χ1) is 6.19. The second-order valence-electron chi connectivity index (χ2n) is 3.02. The van der Waals surface area contributed by atoms with Gasteiger partial charge in [0, 0.05) is 17.0 Å². The van der Waals surface area contributed by atoms with Gasteiger partial charge in [-0.15, -0.1) is 6.42 Å². The molecule has 13 heavy (non-hydrogen) atoms. The first-order valence-corrected chi connectivity index (χ1v) is 4.26. The minimum atomic E-state index is -0.0342. The van der Waals surface area contributed by atoms with Gasteiger partial charge in [-0.1, -0.05) is 12.0 Å². The van der Waals surface area contributed by atoms with Gasteiger partial charge in [-0.3, -0.25) is 4.98 Å². The highest BCUT2D eigenvalue weighted by atomic mass is 14.9. The number of aryl methyl sites for hydroxylation is 2. The summed E-state index contributed by atoms with van der Waals surface area (Å²) < 4.78 is 0. The quantitative estimate of drug-likeness (QED) is 0.689. The molecule has 1 N–H and O–H groups in total. The molecule has 0 radical (unpaired) electrons. The third-order valence-corrected chi connectivity index (χ3v) is 2.03. The molecule has 0 aromatic carbocycles. The maximum absolute atomic E-state index is 5.38. The van der Waals surface area contributed by atoms with E-state index in [4.69, 9.17) is 6.42 Å². The van der Waals surface area contributed by atoms with Crippen molar-refractivity contribution in [2.24, 2.45) is 0 Å². The second-order valence-corrected chi connectivity index (χ2v) is 3.02. The minimum Gasteiger partial charge on any atom is -0.303 e. The zero-order valence-corrected chi connectivity index (χ0v) is 8.26. The number of hydrogen-bond donors (Lipinski definition) is 1. The van der Waals surface area contributed by atoms with E-state index in [9.17, 15) is 0 Å². The lowest BCUT2D eigenvalue weighted by Crippen LogP contribution is -2.15. The maximum atomic E-state index is 5.38. The molecule has 1 aromatic rings. The van der Waals surface area contributed by atoms with E-state index in [1.165, 1.54) is 0 Å². The SMILES string of the molecule is C#CC(NC)c1ccc(C)nc1C. The number of pyridine rings is 1. The van der Waals surface area contributed by atoms with Crippen molar-refractivity contribution >= 4 is 0 Å². The van der Waals surface area contributed by atoms with E-state index < -0.39 is 0 Å². The Hall–Kier alpha value is -1.33.